The molecule has 0 saturated carbocycles. The van der Waals surface area contributed by atoms with Crippen molar-refractivity contribution in [1.29, 1.82) is 0 Å². The Morgan fingerprint density at radius 1 is 0.387 bits per heavy atom. The van der Waals surface area contributed by atoms with Gasteiger partial charge in [-0.05, 0) is 74.5 Å². The van der Waals surface area contributed by atoms with E-state index < -0.39 is 5.41 Å². The Hall–Kier alpha value is -7.72. The number of furan rings is 1. The van der Waals surface area contributed by atoms with Crippen molar-refractivity contribution in [3.63, 3.8) is 0 Å². The summed E-state index contributed by atoms with van der Waals surface area (Å²) in [7, 11) is 0. The quantitative estimate of drug-likeness (QED) is 0.166. The van der Waals surface area contributed by atoms with Gasteiger partial charge in [0, 0.05) is 43.1 Å². The second-order valence-corrected chi connectivity index (χ2v) is 17.3. The summed E-state index contributed by atoms with van der Waals surface area (Å²) in [4.78, 5) is 2.52. The Bertz CT molecular complexity index is 3650. The lowest BCUT2D eigenvalue weighted by molar-refractivity contribution is 0.670. The summed E-state index contributed by atoms with van der Waals surface area (Å²) in [6.45, 7) is 0. The molecule has 0 unspecified atom stereocenters. The molecule has 12 aromatic rings. The van der Waals surface area contributed by atoms with Gasteiger partial charge in [0.1, 0.15) is 11.2 Å². The van der Waals surface area contributed by atoms with Gasteiger partial charge in [-0.15, -0.1) is 11.3 Å². The monoisotopic (exact) mass is 807 g/mol. The van der Waals surface area contributed by atoms with Gasteiger partial charge in [-0.2, -0.15) is 0 Å². The highest BCUT2D eigenvalue weighted by Crippen LogP contribution is 2.60. The normalized spacial score (nSPS) is 13.0. The Labute approximate surface area is 363 Å². The van der Waals surface area contributed by atoms with Gasteiger partial charge in [-0.1, -0.05) is 194 Å². The minimum absolute atomic E-state index is 0.520. The minimum atomic E-state index is -0.520. The number of para-hydroxylation sites is 2. The van der Waals surface area contributed by atoms with Gasteiger partial charge in [0.2, 0.25) is 0 Å². The van der Waals surface area contributed by atoms with Crippen molar-refractivity contribution in [3.8, 4) is 22.3 Å². The fourth-order valence-electron chi connectivity index (χ4n) is 10.5. The highest BCUT2D eigenvalue weighted by Gasteiger charge is 2.47. The molecule has 0 N–H and O–H groups in total. The zero-order valence-corrected chi connectivity index (χ0v) is 34.4. The molecule has 3 heteroatoms. The van der Waals surface area contributed by atoms with Crippen molar-refractivity contribution in [2.45, 2.75) is 5.41 Å². The van der Waals surface area contributed by atoms with E-state index in [2.05, 4.69) is 223 Å². The van der Waals surface area contributed by atoms with E-state index in [1.54, 1.807) is 0 Å². The molecule has 0 fully saturated rings. The lowest BCUT2D eigenvalue weighted by Gasteiger charge is -2.34. The first-order valence-electron chi connectivity index (χ1n) is 21.3. The standard InChI is InChI=1S/C59H37NOS/c1-3-17-40(18-4-1)59(41-19-5-2-6-20-41)50-27-11-9-23-49(50)55-51(59)28-15-29-52(55)60(53-30-14-26-47-48-37-34-38-16-7-8-21-44(38)57(48)62-58(47)53)42-35-32-39(33-36-42)43-24-13-25-46-45-22-10-12-31-54(45)61-56(43)46/h1-37H. The van der Waals surface area contributed by atoms with Crippen LogP contribution in [0, 0.1) is 0 Å². The Kier molecular flexibility index (Phi) is 7.72. The lowest BCUT2D eigenvalue weighted by Crippen LogP contribution is -2.28. The summed E-state index contributed by atoms with van der Waals surface area (Å²) in [6, 6.07) is 82.2. The summed E-state index contributed by atoms with van der Waals surface area (Å²) in [5.41, 5.74) is 14.5. The third-order valence-electron chi connectivity index (χ3n) is 13.2. The van der Waals surface area contributed by atoms with Crippen LogP contribution in [0.4, 0.5) is 17.1 Å². The fraction of sp³-hybridized carbons (Fsp3) is 0.0169. The van der Waals surface area contributed by atoms with Crippen LogP contribution in [-0.2, 0) is 5.41 Å². The maximum absolute atomic E-state index is 6.53. The molecule has 1 aliphatic rings. The first kappa shape index (κ1) is 35.1. The number of thiophene rings is 1. The van der Waals surface area contributed by atoms with Crippen LogP contribution in [0.5, 0.6) is 0 Å². The summed E-state index contributed by atoms with van der Waals surface area (Å²) in [5.74, 6) is 0. The zero-order chi connectivity index (χ0) is 40.8. The minimum Gasteiger partial charge on any atom is -0.455 e. The van der Waals surface area contributed by atoms with E-state index in [9.17, 15) is 0 Å². The van der Waals surface area contributed by atoms with Crippen molar-refractivity contribution in [1.82, 2.24) is 0 Å². The van der Waals surface area contributed by atoms with Crippen LogP contribution in [0.25, 0.3) is 75.1 Å². The molecule has 0 aliphatic heterocycles. The van der Waals surface area contributed by atoms with Crippen LogP contribution in [0.3, 0.4) is 0 Å². The average molecular weight is 808 g/mol. The van der Waals surface area contributed by atoms with Gasteiger partial charge in [0.25, 0.3) is 0 Å². The van der Waals surface area contributed by atoms with E-state index >= 15 is 0 Å². The number of fused-ring (bicyclic) bond motifs is 11. The number of hydrogen-bond donors (Lipinski definition) is 0. The molecule has 0 saturated heterocycles. The largest absolute Gasteiger partial charge is 0.455 e. The van der Waals surface area contributed by atoms with Gasteiger partial charge in [0.15, 0.2) is 0 Å². The van der Waals surface area contributed by atoms with E-state index in [0.717, 1.165) is 50.1 Å². The van der Waals surface area contributed by atoms with E-state index in [1.807, 2.05) is 17.4 Å². The number of nitrogens with zero attached hydrogens (tertiary/aromatic N) is 1. The predicted molar refractivity (Wildman–Crippen MR) is 262 cm³/mol. The van der Waals surface area contributed by atoms with Crippen molar-refractivity contribution in [3.05, 3.63) is 247 Å². The van der Waals surface area contributed by atoms with E-state index in [0.29, 0.717) is 0 Å². The molecule has 0 bridgehead atoms. The van der Waals surface area contributed by atoms with E-state index in [1.165, 1.54) is 64.3 Å². The van der Waals surface area contributed by atoms with Gasteiger partial charge in [-0.25, -0.2) is 0 Å². The van der Waals surface area contributed by atoms with Gasteiger partial charge in [0.05, 0.1) is 21.5 Å². The van der Waals surface area contributed by atoms with Crippen molar-refractivity contribution in [2.75, 3.05) is 4.90 Å². The molecule has 1 aliphatic carbocycles. The second-order valence-electron chi connectivity index (χ2n) is 16.3. The van der Waals surface area contributed by atoms with Crippen LogP contribution >= 0.6 is 11.3 Å². The molecule has 2 heterocycles. The van der Waals surface area contributed by atoms with Crippen LogP contribution in [-0.4, -0.2) is 0 Å². The molecule has 13 rings (SSSR count). The SMILES string of the molecule is c1ccc(C2(c3ccccc3)c3ccccc3-c3c(N(c4ccc(-c5cccc6c5oc5ccccc56)cc4)c4cccc5c4sc4c6ccccc6ccc54)cccc32)cc1. The molecule has 0 atom stereocenters. The highest BCUT2D eigenvalue weighted by molar-refractivity contribution is 7.27. The van der Waals surface area contributed by atoms with E-state index in [4.69, 9.17) is 4.42 Å². The number of rotatable bonds is 6. The lowest BCUT2D eigenvalue weighted by atomic mass is 9.68. The fourth-order valence-corrected chi connectivity index (χ4v) is 11.9. The van der Waals surface area contributed by atoms with Crippen LogP contribution in [0.1, 0.15) is 22.3 Å². The smallest absolute Gasteiger partial charge is 0.143 e. The second kappa shape index (κ2) is 13.7. The van der Waals surface area contributed by atoms with Gasteiger partial charge < -0.3 is 9.32 Å². The van der Waals surface area contributed by atoms with Crippen LogP contribution in [0.2, 0.25) is 0 Å². The Morgan fingerprint density at radius 2 is 0.984 bits per heavy atom. The molecule has 10 aromatic carbocycles. The molecular weight excluding hydrogens is 771 g/mol. The molecule has 0 amide bonds. The average Bonchev–Trinajstić information content (AvgIpc) is 4.02. The number of hydrogen-bond acceptors (Lipinski definition) is 3. The molecule has 2 nitrogen and oxygen atoms in total. The van der Waals surface area contributed by atoms with Crippen LogP contribution < -0.4 is 4.90 Å². The highest BCUT2D eigenvalue weighted by atomic mass is 32.1. The molecule has 0 radical (unpaired) electrons. The number of benzene rings is 10. The summed E-state index contributed by atoms with van der Waals surface area (Å²) >= 11 is 1.90. The molecular formula is C59H37NOS. The van der Waals surface area contributed by atoms with Crippen LogP contribution in [0.15, 0.2) is 229 Å². The molecule has 2 aromatic heterocycles. The van der Waals surface area contributed by atoms with E-state index in [-0.39, 0.29) is 0 Å². The third kappa shape index (κ3) is 4.97. The summed E-state index contributed by atoms with van der Waals surface area (Å²) in [5, 5.41) is 7.37. The molecule has 0 spiro atoms. The molecule has 62 heavy (non-hydrogen) atoms. The maximum Gasteiger partial charge on any atom is 0.143 e. The molecule has 290 valence electrons. The topological polar surface area (TPSA) is 16.4 Å². The summed E-state index contributed by atoms with van der Waals surface area (Å²) < 4.78 is 9.10. The first-order chi connectivity index (χ1) is 30.8. The Morgan fingerprint density at radius 3 is 1.81 bits per heavy atom. The Balaban J connectivity index is 1.09. The van der Waals surface area contributed by atoms with Gasteiger partial charge >= 0.3 is 0 Å². The van der Waals surface area contributed by atoms with Crippen molar-refractivity contribution >= 4 is 81.3 Å². The third-order valence-corrected chi connectivity index (χ3v) is 14.4. The first-order valence-corrected chi connectivity index (χ1v) is 22.1. The zero-order valence-electron chi connectivity index (χ0n) is 33.6. The van der Waals surface area contributed by atoms with Crippen molar-refractivity contribution < 1.29 is 4.42 Å². The maximum atomic E-state index is 6.53. The van der Waals surface area contributed by atoms with Crippen molar-refractivity contribution in [2.24, 2.45) is 0 Å². The predicted octanol–water partition coefficient (Wildman–Crippen LogP) is 16.6. The number of anilines is 3. The summed E-state index contributed by atoms with van der Waals surface area (Å²) in [6.07, 6.45) is 0. The van der Waals surface area contributed by atoms with Gasteiger partial charge in [-0.3, -0.25) is 0 Å².